The molecule has 1 saturated heterocycles. The summed E-state index contributed by atoms with van der Waals surface area (Å²) < 4.78 is 0. The van der Waals surface area contributed by atoms with Crippen molar-refractivity contribution >= 4 is 29.9 Å². The summed E-state index contributed by atoms with van der Waals surface area (Å²) in [5, 5.41) is 6.76. The van der Waals surface area contributed by atoms with Crippen LogP contribution < -0.4 is 10.6 Å². The van der Waals surface area contributed by atoms with Gasteiger partial charge in [-0.2, -0.15) is 0 Å². The first kappa shape index (κ1) is 22.0. The maximum atomic E-state index is 4.60. The molecule has 1 heterocycles. The van der Waals surface area contributed by atoms with Crippen LogP contribution in [0.4, 0.5) is 0 Å². The fraction of sp³-hybridized carbons (Fsp3) is 0.941. The minimum absolute atomic E-state index is 0. The molecule has 1 fully saturated rings. The zero-order valence-electron chi connectivity index (χ0n) is 15.0. The molecule has 1 rings (SSSR count). The van der Waals surface area contributed by atoms with Gasteiger partial charge in [0.15, 0.2) is 5.96 Å². The molecule has 1 aliphatic rings. The second-order valence-corrected chi connectivity index (χ2v) is 6.63. The van der Waals surface area contributed by atoms with Gasteiger partial charge in [0.2, 0.25) is 0 Å². The third-order valence-corrected chi connectivity index (χ3v) is 4.06. The number of halogens is 1. The number of unbranched alkanes of at least 4 members (excludes halogenated alkanes) is 1. The highest BCUT2D eigenvalue weighted by Crippen LogP contribution is 2.16. The molecule has 0 radical (unpaired) electrons. The molecule has 0 spiro atoms. The standard InChI is InChI=1S/C17H36N4.HI/c1-5-18-17(20-14-15(2)3)19-11-7-9-13-21-12-8-6-10-16(21)4;/h15-16H,5-14H2,1-4H3,(H2,18,19,20);1H. The Balaban J connectivity index is 0.00000441. The first-order valence-electron chi connectivity index (χ1n) is 8.89. The van der Waals surface area contributed by atoms with Crippen LogP contribution in [0.2, 0.25) is 0 Å². The van der Waals surface area contributed by atoms with Gasteiger partial charge in [0.1, 0.15) is 0 Å². The normalized spacial score (nSPS) is 19.9. The van der Waals surface area contributed by atoms with E-state index in [4.69, 9.17) is 0 Å². The van der Waals surface area contributed by atoms with Crippen molar-refractivity contribution in [3.63, 3.8) is 0 Å². The van der Waals surface area contributed by atoms with Gasteiger partial charge < -0.3 is 15.5 Å². The Morgan fingerprint density at radius 2 is 2.00 bits per heavy atom. The molecule has 0 amide bonds. The number of guanidine groups is 1. The highest BCUT2D eigenvalue weighted by molar-refractivity contribution is 14.0. The summed E-state index contributed by atoms with van der Waals surface area (Å²) in [6, 6.07) is 0.789. The minimum atomic E-state index is 0. The summed E-state index contributed by atoms with van der Waals surface area (Å²) in [6.07, 6.45) is 6.67. The van der Waals surface area contributed by atoms with Crippen LogP contribution in [0.1, 0.15) is 59.8 Å². The Bertz CT molecular complexity index is 294. The lowest BCUT2D eigenvalue weighted by Gasteiger charge is -2.33. The van der Waals surface area contributed by atoms with E-state index in [1.165, 1.54) is 45.2 Å². The number of likely N-dealkylation sites (tertiary alicyclic amines) is 1. The first-order chi connectivity index (χ1) is 10.1. The van der Waals surface area contributed by atoms with Gasteiger partial charge >= 0.3 is 0 Å². The highest BCUT2D eigenvalue weighted by Gasteiger charge is 2.16. The zero-order valence-corrected chi connectivity index (χ0v) is 17.4. The molecule has 22 heavy (non-hydrogen) atoms. The summed E-state index contributed by atoms with van der Waals surface area (Å²) in [5.41, 5.74) is 0. The molecule has 1 atom stereocenters. The van der Waals surface area contributed by atoms with Crippen LogP contribution in [0, 0.1) is 5.92 Å². The van der Waals surface area contributed by atoms with Gasteiger partial charge in [-0.3, -0.25) is 4.99 Å². The Morgan fingerprint density at radius 3 is 2.64 bits per heavy atom. The van der Waals surface area contributed by atoms with E-state index in [1.807, 2.05) is 0 Å². The third-order valence-electron chi connectivity index (χ3n) is 4.06. The third kappa shape index (κ3) is 9.87. The number of nitrogens with zero attached hydrogens (tertiary/aromatic N) is 2. The van der Waals surface area contributed by atoms with E-state index in [2.05, 4.69) is 48.2 Å². The van der Waals surface area contributed by atoms with Crippen LogP contribution in [0.5, 0.6) is 0 Å². The van der Waals surface area contributed by atoms with Crippen LogP contribution >= 0.6 is 24.0 Å². The van der Waals surface area contributed by atoms with Crippen molar-refractivity contribution < 1.29 is 0 Å². The van der Waals surface area contributed by atoms with E-state index in [0.29, 0.717) is 5.92 Å². The van der Waals surface area contributed by atoms with Crippen LogP contribution in [-0.4, -0.2) is 49.6 Å². The van der Waals surface area contributed by atoms with E-state index >= 15 is 0 Å². The highest BCUT2D eigenvalue weighted by atomic mass is 127. The fourth-order valence-corrected chi connectivity index (χ4v) is 2.75. The maximum absolute atomic E-state index is 4.60. The summed E-state index contributed by atoms with van der Waals surface area (Å²) in [5.74, 6) is 1.58. The summed E-state index contributed by atoms with van der Waals surface area (Å²) >= 11 is 0. The van der Waals surface area contributed by atoms with Crippen molar-refractivity contribution in [3.8, 4) is 0 Å². The van der Waals surface area contributed by atoms with E-state index in [9.17, 15) is 0 Å². The summed E-state index contributed by atoms with van der Waals surface area (Å²) in [4.78, 5) is 7.25. The van der Waals surface area contributed by atoms with Crippen molar-refractivity contribution in [1.82, 2.24) is 15.5 Å². The van der Waals surface area contributed by atoms with Gasteiger partial charge in [0, 0.05) is 25.7 Å². The maximum Gasteiger partial charge on any atom is 0.191 e. The predicted molar refractivity (Wildman–Crippen MR) is 108 cm³/mol. The molecule has 4 nitrogen and oxygen atoms in total. The van der Waals surface area contributed by atoms with Crippen molar-refractivity contribution in [2.24, 2.45) is 10.9 Å². The topological polar surface area (TPSA) is 39.7 Å². The lowest BCUT2D eigenvalue weighted by atomic mass is 10.0. The van der Waals surface area contributed by atoms with Gasteiger partial charge in [-0.15, -0.1) is 24.0 Å². The molecule has 0 aromatic heterocycles. The number of rotatable bonds is 8. The smallest absolute Gasteiger partial charge is 0.191 e. The van der Waals surface area contributed by atoms with Crippen LogP contribution in [0.15, 0.2) is 4.99 Å². The average Bonchev–Trinajstić information content (AvgIpc) is 2.46. The Kier molecular flexibility index (Phi) is 13.4. The Morgan fingerprint density at radius 1 is 1.23 bits per heavy atom. The second-order valence-electron chi connectivity index (χ2n) is 6.63. The molecule has 1 unspecified atom stereocenters. The van der Waals surface area contributed by atoms with Gasteiger partial charge in [-0.05, 0) is 58.5 Å². The average molecular weight is 424 g/mol. The number of piperidine rings is 1. The number of nitrogens with one attached hydrogen (secondary N) is 2. The molecule has 0 bridgehead atoms. The number of hydrogen-bond acceptors (Lipinski definition) is 2. The van der Waals surface area contributed by atoms with E-state index in [-0.39, 0.29) is 24.0 Å². The second kappa shape index (κ2) is 13.4. The first-order valence-corrected chi connectivity index (χ1v) is 8.89. The van der Waals surface area contributed by atoms with Gasteiger partial charge in [0.25, 0.3) is 0 Å². The predicted octanol–water partition coefficient (Wildman–Crippen LogP) is 3.47. The van der Waals surface area contributed by atoms with Crippen molar-refractivity contribution in [3.05, 3.63) is 0 Å². The number of hydrogen-bond donors (Lipinski definition) is 2. The molecule has 0 saturated carbocycles. The molecular formula is C17H37IN4. The van der Waals surface area contributed by atoms with Crippen LogP contribution in [0.3, 0.4) is 0 Å². The monoisotopic (exact) mass is 424 g/mol. The molecule has 0 aliphatic carbocycles. The molecule has 132 valence electrons. The Labute approximate surface area is 154 Å². The van der Waals surface area contributed by atoms with Gasteiger partial charge in [0.05, 0.1) is 0 Å². The summed E-state index contributed by atoms with van der Waals surface area (Å²) in [6.45, 7) is 14.3. The van der Waals surface area contributed by atoms with Crippen LogP contribution in [-0.2, 0) is 0 Å². The SMILES string of the molecule is CCNC(=NCC(C)C)NCCCCN1CCCCC1C.I. The van der Waals surface area contributed by atoms with E-state index in [1.54, 1.807) is 0 Å². The van der Waals surface area contributed by atoms with Gasteiger partial charge in [-0.1, -0.05) is 20.3 Å². The number of aliphatic imine (C=N–C) groups is 1. The lowest BCUT2D eigenvalue weighted by molar-refractivity contribution is 0.158. The van der Waals surface area contributed by atoms with Gasteiger partial charge in [-0.25, -0.2) is 0 Å². The Hall–Kier alpha value is -0.0400. The quantitative estimate of drug-likeness (QED) is 0.271. The van der Waals surface area contributed by atoms with Crippen molar-refractivity contribution in [2.45, 2.75) is 65.8 Å². The van der Waals surface area contributed by atoms with E-state index in [0.717, 1.165) is 31.6 Å². The molecular weight excluding hydrogens is 387 g/mol. The summed E-state index contributed by atoms with van der Waals surface area (Å²) in [7, 11) is 0. The molecule has 5 heteroatoms. The largest absolute Gasteiger partial charge is 0.357 e. The minimum Gasteiger partial charge on any atom is -0.357 e. The fourth-order valence-electron chi connectivity index (χ4n) is 2.75. The van der Waals surface area contributed by atoms with E-state index < -0.39 is 0 Å². The van der Waals surface area contributed by atoms with Crippen molar-refractivity contribution in [1.29, 1.82) is 0 Å². The van der Waals surface area contributed by atoms with Crippen molar-refractivity contribution in [2.75, 3.05) is 32.7 Å². The molecule has 1 aliphatic heterocycles. The molecule has 0 aromatic rings. The lowest BCUT2D eigenvalue weighted by Crippen LogP contribution is -2.39. The van der Waals surface area contributed by atoms with Crippen LogP contribution in [0.25, 0.3) is 0 Å². The molecule has 2 N–H and O–H groups in total. The zero-order chi connectivity index (χ0) is 15.5. The molecule has 0 aromatic carbocycles.